The summed E-state index contributed by atoms with van der Waals surface area (Å²) < 4.78 is 8.29. The summed E-state index contributed by atoms with van der Waals surface area (Å²) in [6.07, 6.45) is 6.82. The Morgan fingerprint density at radius 3 is 2.50 bits per heavy atom. The zero-order valence-corrected chi connectivity index (χ0v) is 14.1. The number of nitrogens with zero attached hydrogens (tertiary/aromatic N) is 2. The Labute approximate surface area is 142 Å². The van der Waals surface area contributed by atoms with Gasteiger partial charge < -0.3 is 9.32 Å². The van der Waals surface area contributed by atoms with E-state index < -0.39 is 0 Å². The number of hydrogen-bond acceptors (Lipinski definition) is 2. The van der Waals surface area contributed by atoms with Gasteiger partial charge in [-0.2, -0.15) is 0 Å². The predicted molar refractivity (Wildman–Crippen MR) is 96.8 cm³/mol. The van der Waals surface area contributed by atoms with E-state index in [1.807, 2.05) is 18.2 Å². The van der Waals surface area contributed by atoms with Gasteiger partial charge in [0.2, 0.25) is 11.3 Å². The number of fused-ring (bicyclic) bond motifs is 1. The Balaban J connectivity index is 1.72. The summed E-state index contributed by atoms with van der Waals surface area (Å²) in [5.41, 5.74) is 3.12. The van der Waals surface area contributed by atoms with Crippen molar-refractivity contribution in [3.8, 4) is 5.69 Å². The summed E-state index contributed by atoms with van der Waals surface area (Å²) in [5, 5.41) is 0. The van der Waals surface area contributed by atoms with Crippen molar-refractivity contribution in [2.45, 2.75) is 19.8 Å². The maximum absolute atomic E-state index is 6.12. The fourth-order valence-corrected chi connectivity index (χ4v) is 3.30. The molecule has 0 N–H and O–H groups in total. The summed E-state index contributed by atoms with van der Waals surface area (Å²) in [6.45, 7) is 4.59. The van der Waals surface area contributed by atoms with Crippen LogP contribution >= 0.6 is 0 Å². The molecule has 2 aromatic carbocycles. The summed E-state index contributed by atoms with van der Waals surface area (Å²) in [5.74, 6) is 1.70. The van der Waals surface area contributed by atoms with Crippen LogP contribution in [0.1, 0.15) is 25.7 Å². The molecule has 0 atom stereocenters. The Kier molecular flexibility index (Phi) is 4.08. The number of benzene rings is 2. The highest BCUT2D eigenvalue weighted by molar-refractivity contribution is 5.70. The SMILES string of the molecule is CC1CCN(C=Cc2oc3ccccc3[n+]2-c2ccccc2)CC1. The van der Waals surface area contributed by atoms with E-state index in [-0.39, 0.29) is 0 Å². The van der Waals surface area contributed by atoms with E-state index in [1.54, 1.807) is 0 Å². The first kappa shape index (κ1) is 15.0. The second-order valence-electron chi connectivity index (χ2n) is 6.61. The number of likely N-dealkylation sites (tertiary alicyclic amines) is 1. The Bertz CT molecular complexity index is 843. The molecular weight excluding hydrogens is 296 g/mol. The van der Waals surface area contributed by atoms with Crippen LogP contribution in [0.3, 0.4) is 0 Å². The molecule has 1 saturated heterocycles. The van der Waals surface area contributed by atoms with Crippen molar-refractivity contribution in [2.75, 3.05) is 13.1 Å². The molecule has 2 heterocycles. The van der Waals surface area contributed by atoms with Gasteiger partial charge in [0.15, 0.2) is 0 Å². The Morgan fingerprint density at radius 2 is 1.71 bits per heavy atom. The Hall–Kier alpha value is -2.55. The number of para-hydroxylation sites is 3. The molecule has 1 aliphatic rings. The molecule has 122 valence electrons. The van der Waals surface area contributed by atoms with Crippen LogP contribution in [-0.4, -0.2) is 18.0 Å². The molecule has 4 rings (SSSR count). The van der Waals surface area contributed by atoms with E-state index in [9.17, 15) is 0 Å². The second kappa shape index (κ2) is 6.52. The minimum Gasteiger partial charge on any atom is -0.398 e. The number of oxazole rings is 1. The highest BCUT2D eigenvalue weighted by Gasteiger charge is 2.23. The normalized spacial score (nSPS) is 16.3. The average molecular weight is 319 g/mol. The quantitative estimate of drug-likeness (QED) is 0.666. The van der Waals surface area contributed by atoms with Crippen molar-refractivity contribution < 1.29 is 8.98 Å². The summed E-state index contributed by atoms with van der Waals surface area (Å²) >= 11 is 0. The average Bonchev–Trinajstić information content (AvgIpc) is 3.00. The third-order valence-corrected chi connectivity index (χ3v) is 4.80. The van der Waals surface area contributed by atoms with Gasteiger partial charge in [-0.05, 0) is 24.8 Å². The molecular formula is C21H23N2O+. The van der Waals surface area contributed by atoms with Crippen LogP contribution in [0.5, 0.6) is 0 Å². The summed E-state index contributed by atoms with van der Waals surface area (Å²) in [6, 6.07) is 18.6. The number of hydrogen-bond donors (Lipinski definition) is 0. The van der Waals surface area contributed by atoms with Crippen molar-refractivity contribution >= 4 is 17.2 Å². The smallest absolute Gasteiger partial charge is 0.381 e. The van der Waals surface area contributed by atoms with E-state index in [0.29, 0.717) is 0 Å². The fourth-order valence-electron chi connectivity index (χ4n) is 3.30. The van der Waals surface area contributed by atoms with Gasteiger partial charge in [-0.15, -0.1) is 4.57 Å². The maximum Gasteiger partial charge on any atom is 0.381 e. The molecule has 0 spiro atoms. The van der Waals surface area contributed by atoms with Crippen LogP contribution < -0.4 is 4.57 Å². The molecule has 24 heavy (non-hydrogen) atoms. The lowest BCUT2D eigenvalue weighted by molar-refractivity contribution is -0.575. The molecule has 0 bridgehead atoms. The lowest BCUT2D eigenvalue weighted by Gasteiger charge is -2.28. The van der Waals surface area contributed by atoms with Gasteiger partial charge in [0.25, 0.3) is 5.52 Å². The number of rotatable bonds is 3. The van der Waals surface area contributed by atoms with Crippen molar-refractivity contribution in [1.29, 1.82) is 0 Å². The highest BCUT2D eigenvalue weighted by atomic mass is 16.4. The Morgan fingerprint density at radius 1 is 1.00 bits per heavy atom. The third-order valence-electron chi connectivity index (χ3n) is 4.80. The van der Waals surface area contributed by atoms with Gasteiger partial charge in [0.05, 0.1) is 6.08 Å². The lowest BCUT2D eigenvalue weighted by Crippen LogP contribution is -2.32. The van der Waals surface area contributed by atoms with E-state index in [2.05, 4.69) is 65.1 Å². The minimum absolute atomic E-state index is 0.843. The summed E-state index contributed by atoms with van der Waals surface area (Å²) in [4.78, 5) is 2.39. The molecule has 0 amide bonds. The monoisotopic (exact) mass is 319 g/mol. The largest absolute Gasteiger partial charge is 0.398 e. The molecule has 3 aromatic rings. The molecule has 3 heteroatoms. The molecule has 0 saturated carbocycles. The van der Waals surface area contributed by atoms with Gasteiger partial charge in [-0.3, -0.25) is 0 Å². The van der Waals surface area contributed by atoms with Crippen molar-refractivity contribution in [2.24, 2.45) is 5.92 Å². The van der Waals surface area contributed by atoms with Gasteiger partial charge in [0, 0.05) is 37.5 Å². The van der Waals surface area contributed by atoms with E-state index in [0.717, 1.165) is 41.7 Å². The highest BCUT2D eigenvalue weighted by Crippen LogP contribution is 2.19. The van der Waals surface area contributed by atoms with Crippen LogP contribution in [0.25, 0.3) is 22.9 Å². The van der Waals surface area contributed by atoms with Gasteiger partial charge in [0.1, 0.15) is 0 Å². The number of aromatic nitrogens is 1. The first-order valence-corrected chi connectivity index (χ1v) is 8.72. The second-order valence-corrected chi connectivity index (χ2v) is 6.61. The molecule has 1 fully saturated rings. The molecule has 1 aromatic heterocycles. The van der Waals surface area contributed by atoms with Gasteiger partial charge >= 0.3 is 5.89 Å². The molecule has 1 aliphatic heterocycles. The fraction of sp³-hybridized carbons (Fsp3) is 0.286. The molecule has 0 radical (unpaired) electrons. The van der Waals surface area contributed by atoms with Crippen LogP contribution in [-0.2, 0) is 0 Å². The van der Waals surface area contributed by atoms with Crippen molar-refractivity contribution in [1.82, 2.24) is 4.90 Å². The van der Waals surface area contributed by atoms with E-state index >= 15 is 0 Å². The van der Waals surface area contributed by atoms with Crippen molar-refractivity contribution in [3.05, 3.63) is 66.7 Å². The zero-order valence-electron chi connectivity index (χ0n) is 14.1. The van der Waals surface area contributed by atoms with Gasteiger partial charge in [-0.1, -0.05) is 37.3 Å². The first-order chi connectivity index (χ1) is 11.8. The van der Waals surface area contributed by atoms with Crippen molar-refractivity contribution in [3.63, 3.8) is 0 Å². The van der Waals surface area contributed by atoms with Gasteiger partial charge in [-0.25, -0.2) is 0 Å². The third kappa shape index (κ3) is 2.94. The molecule has 0 aliphatic carbocycles. The first-order valence-electron chi connectivity index (χ1n) is 8.72. The van der Waals surface area contributed by atoms with E-state index in [1.165, 1.54) is 12.8 Å². The van der Waals surface area contributed by atoms with Crippen LogP contribution in [0.2, 0.25) is 0 Å². The van der Waals surface area contributed by atoms with Crippen LogP contribution in [0.15, 0.2) is 65.2 Å². The standard InChI is InChI=1S/C21H23N2O/c1-17-11-14-22(15-12-17)16-13-21-23(18-7-3-2-4-8-18)19-9-5-6-10-20(19)24-21/h2-10,13,16-17H,11-12,14-15H2,1H3/q+1. The topological polar surface area (TPSA) is 20.3 Å². The van der Waals surface area contributed by atoms with Crippen LogP contribution in [0, 0.1) is 5.92 Å². The zero-order chi connectivity index (χ0) is 16.4. The molecule has 3 nitrogen and oxygen atoms in total. The van der Waals surface area contributed by atoms with Crippen LogP contribution in [0.4, 0.5) is 0 Å². The van der Waals surface area contributed by atoms with E-state index in [4.69, 9.17) is 4.42 Å². The summed E-state index contributed by atoms with van der Waals surface area (Å²) in [7, 11) is 0. The predicted octanol–water partition coefficient (Wildman–Crippen LogP) is 4.41. The molecule has 0 unspecified atom stereocenters. The minimum atomic E-state index is 0.843. The lowest BCUT2D eigenvalue weighted by atomic mass is 10.00. The maximum atomic E-state index is 6.12. The number of piperidine rings is 1.